The Hall–Kier alpha value is -1.88. The fraction of sp³-hybridized carbons (Fsp3) is 0.526. The van der Waals surface area contributed by atoms with Crippen molar-refractivity contribution in [3.63, 3.8) is 0 Å². The van der Waals surface area contributed by atoms with Gasteiger partial charge in [-0.15, -0.1) is 0 Å². The van der Waals surface area contributed by atoms with Crippen LogP contribution in [-0.4, -0.2) is 42.4 Å². The molecule has 3 N–H and O–H groups in total. The van der Waals surface area contributed by atoms with Crippen molar-refractivity contribution in [3.05, 3.63) is 42.3 Å². The van der Waals surface area contributed by atoms with Crippen molar-refractivity contribution in [3.8, 4) is 0 Å². The van der Waals surface area contributed by atoms with Gasteiger partial charge in [-0.25, -0.2) is 0 Å². The van der Waals surface area contributed by atoms with Gasteiger partial charge in [-0.05, 0) is 31.2 Å². The van der Waals surface area contributed by atoms with Gasteiger partial charge >= 0.3 is 0 Å². The van der Waals surface area contributed by atoms with E-state index in [0.29, 0.717) is 6.42 Å². The van der Waals surface area contributed by atoms with E-state index in [9.17, 15) is 9.59 Å². The molecule has 1 radical (unpaired) electrons. The quantitative estimate of drug-likeness (QED) is 0.759. The molecule has 2 rings (SSSR count). The zero-order chi connectivity index (χ0) is 17.4. The molecule has 5 heteroatoms. The number of nitrogens with one attached hydrogen (secondary N) is 1. The minimum Gasteiger partial charge on any atom is -0.369 e. The summed E-state index contributed by atoms with van der Waals surface area (Å²) in [6.45, 7) is 4.81. The maximum atomic E-state index is 11.9. The third-order valence-electron chi connectivity index (χ3n) is 4.64. The number of piperidine rings is 1. The Morgan fingerprint density at radius 3 is 2.58 bits per heavy atom. The lowest BCUT2D eigenvalue weighted by molar-refractivity contribution is -0.121. The smallest absolute Gasteiger partial charge is 0.224 e. The molecule has 1 fully saturated rings. The molecule has 2 amide bonds. The number of amides is 2. The molecule has 0 aromatic heterocycles. The molecule has 24 heavy (non-hydrogen) atoms. The minimum absolute atomic E-state index is 0.0918. The zero-order valence-corrected chi connectivity index (χ0v) is 14.4. The highest BCUT2D eigenvalue weighted by Crippen LogP contribution is 2.12. The number of hydrogen-bond acceptors (Lipinski definition) is 3. The van der Waals surface area contributed by atoms with E-state index >= 15 is 0 Å². The van der Waals surface area contributed by atoms with Crippen molar-refractivity contribution in [1.29, 1.82) is 0 Å². The molecule has 5 nitrogen and oxygen atoms in total. The van der Waals surface area contributed by atoms with Crippen molar-refractivity contribution < 1.29 is 9.59 Å². The predicted octanol–water partition coefficient (Wildman–Crippen LogP) is 1.53. The topological polar surface area (TPSA) is 75.4 Å². The summed E-state index contributed by atoms with van der Waals surface area (Å²) in [6, 6.07) is 10.7. The first-order valence-corrected chi connectivity index (χ1v) is 8.74. The van der Waals surface area contributed by atoms with E-state index in [0.717, 1.165) is 38.9 Å². The number of carbonyl (C=O) groups is 2. The number of rotatable bonds is 8. The van der Waals surface area contributed by atoms with Gasteiger partial charge in [0, 0.05) is 31.6 Å². The van der Waals surface area contributed by atoms with Crippen molar-refractivity contribution in [2.75, 3.05) is 19.6 Å². The third-order valence-corrected chi connectivity index (χ3v) is 4.64. The fourth-order valence-corrected chi connectivity index (χ4v) is 2.89. The predicted molar refractivity (Wildman–Crippen MR) is 95.0 cm³/mol. The summed E-state index contributed by atoms with van der Waals surface area (Å²) in [5.74, 6) is -0.757. The summed E-state index contributed by atoms with van der Waals surface area (Å²) in [7, 11) is 0. The van der Waals surface area contributed by atoms with Gasteiger partial charge < -0.3 is 16.0 Å². The van der Waals surface area contributed by atoms with Gasteiger partial charge in [0.2, 0.25) is 11.8 Å². The molecule has 1 aliphatic rings. The Balaban J connectivity index is 1.62. The lowest BCUT2D eigenvalue weighted by Crippen LogP contribution is -2.45. The minimum atomic E-state index is -0.370. The number of nitrogens with two attached hydrogens (primary N) is 1. The first-order valence-electron chi connectivity index (χ1n) is 8.74. The first-order chi connectivity index (χ1) is 11.5. The highest BCUT2D eigenvalue weighted by molar-refractivity contribution is 5.86. The summed E-state index contributed by atoms with van der Waals surface area (Å²) in [5, 5.41) is 3.03. The number of likely N-dealkylation sites (tertiary alicyclic amines) is 1. The summed E-state index contributed by atoms with van der Waals surface area (Å²) in [4.78, 5) is 25.3. The largest absolute Gasteiger partial charge is 0.369 e. The molecule has 0 unspecified atom stereocenters. The van der Waals surface area contributed by atoms with Crippen LogP contribution >= 0.6 is 0 Å². The molecule has 1 aromatic rings. The number of hydrogen-bond donors (Lipinski definition) is 2. The van der Waals surface area contributed by atoms with Crippen LogP contribution in [0, 0.1) is 12.3 Å². The Morgan fingerprint density at radius 2 is 1.96 bits per heavy atom. The summed E-state index contributed by atoms with van der Waals surface area (Å²) < 4.78 is 0. The molecular weight excluding hydrogens is 302 g/mol. The Labute approximate surface area is 144 Å². The SMILES string of the molecule is C[C@@H](C[CH]C(=O)NC1CCN(CCc2ccccc2)CC1)C(N)=O. The van der Waals surface area contributed by atoms with Gasteiger partial charge in [-0.2, -0.15) is 0 Å². The van der Waals surface area contributed by atoms with Crippen LogP contribution in [-0.2, 0) is 16.0 Å². The van der Waals surface area contributed by atoms with E-state index in [1.54, 1.807) is 6.92 Å². The Kier molecular flexibility index (Phi) is 7.25. The van der Waals surface area contributed by atoms with Gasteiger partial charge in [0.05, 0.1) is 6.42 Å². The van der Waals surface area contributed by atoms with E-state index in [1.807, 2.05) is 6.07 Å². The van der Waals surface area contributed by atoms with Gasteiger partial charge in [-0.1, -0.05) is 37.3 Å². The standard InChI is InChI=1S/C19H28N3O2/c1-15(19(20)24)7-8-18(23)21-17-10-13-22(14-11-17)12-9-16-5-3-2-4-6-16/h2-6,8,15,17H,7,9-14H2,1H3,(H2,20,24)(H,21,23)/t15-/m0/s1. The summed E-state index contributed by atoms with van der Waals surface area (Å²) in [5.41, 5.74) is 6.56. The Morgan fingerprint density at radius 1 is 1.29 bits per heavy atom. The van der Waals surface area contributed by atoms with E-state index in [2.05, 4.69) is 34.5 Å². The van der Waals surface area contributed by atoms with E-state index in [1.165, 1.54) is 12.0 Å². The normalized spacial score (nSPS) is 17.4. The molecule has 0 aliphatic carbocycles. The van der Waals surface area contributed by atoms with E-state index in [4.69, 9.17) is 5.73 Å². The molecular formula is C19H28N3O2. The van der Waals surface area contributed by atoms with Crippen LogP contribution < -0.4 is 11.1 Å². The van der Waals surface area contributed by atoms with Gasteiger partial charge in [0.15, 0.2) is 0 Å². The van der Waals surface area contributed by atoms with Gasteiger partial charge in [0.1, 0.15) is 0 Å². The number of nitrogens with zero attached hydrogens (tertiary/aromatic N) is 1. The molecule has 0 spiro atoms. The number of carbonyl (C=O) groups excluding carboxylic acids is 2. The zero-order valence-electron chi connectivity index (χ0n) is 14.4. The van der Waals surface area contributed by atoms with Gasteiger partial charge in [-0.3, -0.25) is 9.59 Å². The third kappa shape index (κ3) is 6.32. The van der Waals surface area contributed by atoms with E-state index < -0.39 is 0 Å². The van der Waals surface area contributed by atoms with Crippen LogP contribution in [0.2, 0.25) is 0 Å². The second-order valence-electron chi connectivity index (χ2n) is 6.60. The van der Waals surface area contributed by atoms with Crippen LogP contribution in [0.1, 0.15) is 31.7 Å². The molecule has 0 saturated carbocycles. The summed E-state index contributed by atoms with van der Waals surface area (Å²) in [6.07, 6.45) is 4.95. The molecule has 0 bridgehead atoms. The Bertz CT molecular complexity index is 525. The molecule has 1 atom stereocenters. The maximum absolute atomic E-state index is 11.9. The van der Waals surface area contributed by atoms with Crippen LogP contribution in [0.25, 0.3) is 0 Å². The molecule has 1 saturated heterocycles. The molecule has 1 aliphatic heterocycles. The lowest BCUT2D eigenvalue weighted by Gasteiger charge is -2.32. The van der Waals surface area contributed by atoms with Crippen molar-refractivity contribution in [2.24, 2.45) is 11.7 Å². The molecule has 131 valence electrons. The molecule has 1 aromatic carbocycles. The van der Waals surface area contributed by atoms with Crippen LogP contribution in [0.4, 0.5) is 0 Å². The van der Waals surface area contributed by atoms with Crippen molar-refractivity contribution in [2.45, 2.75) is 38.6 Å². The van der Waals surface area contributed by atoms with Crippen molar-refractivity contribution >= 4 is 11.8 Å². The fourth-order valence-electron chi connectivity index (χ4n) is 2.89. The first kappa shape index (κ1) is 18.5. The van der Waals surface area contributed by atoms with Crippen molar-refractivity contribution in [1.82, 2.24) is 10.2 Å². The highest BCUT2D eigenvalue weighted by atomic mass is 16.2. The van der Waals surface area contributed by atoms with Crippen LogP contribution in [0.15, 0.2) is 30.3 Å². The number of benzene rings is 1. The lowest BCUT2D eigenvalue weighted by atomic mass is 10.0. The second-order valence-corrected chi connectivity index (χ2v) is 6.60. The van der Waals surface area contributed by atoms with E-state index in [-0.39, 0.29) is 23.8 Å². The second kappa shape index (κ2) is 9.42. The molecule has 1 heterocycles. The number of primary amides is 1. The average Bonchev–Trinajstić information content (AvgIpc) is 2.60. The highest BCUT2D eigenvalue weighted by Gasteiger charge is 2.21. The monoisotopic (exact) mass is 330 g/mol. The maximum Gasteiger partial charge on any atom is 0.224 e. The van der Waals surface area contributed by atoms with Gasteiger partial charge in [0.25, 0.3) is 0 Å². The van der Waals surface area contributed by atoms with Crippen LogP contribution in [0.5, 0.6) is 0 Å². The summed E-state index contributed by atoms with van der Waals surface area (Å²) >= 11 is 0. The average molecular weight is 330 g/mol. The van der Waals surface area contributed by atoms with Crippen LogP contribution in [0.3, 0.4) is 0 Å².